The Balaban J connectivity index is 2.50. The quantitative estimate of drug-likeness (QED) is 0.527. The predicted molar refractivity (Wildman–Crippen MR) is 64.9 cm³/mol. The van der Waals surface area contributed by atoms with Gasteiger partial charge in [-0.2, -0.15) is 0 Å². The molecule has 0 aliphatic rings. The summed E-state index contributed by atoms with van der Waals surface area (Å²) in [6.45, 7) is 7.70. The van der Waals surface area contributed by atoms with Crippen molar-refractivity contribution in [3.8, 4) is 5.75 Å². The fourth-order valence-corrected chi connectivity index (χ4v) is 0.994. The molecule has 1 rings (SSSR count). The fourth-order valence-electron chi connectivity index (χ4n) is 0.994. The highest BCUT2D eigenvalue weighted by Crippen LogP contribution is 2.11. The number of hydrogen-bond donors (Lipinski definition) is 0. The van der Waals surface area contributed by atoms with Crippen molar-refractivity contribution in [2.75, 3.05) is 0 Å². The van der Waals surface area contributed by atoms with Crippen LogP contribution in [0.3, 0.4) is 0 Å². The first kappa shape index (κ1) is 11.3. The van der Waals surface area contributed by atoms with Crippen LogP contribution in [0.4, 0.5) is 0 Å². The molecule has 0 fully saturated rings. The third-order valence-electron chi connectivity index (χ3n) is 1.98. The lowest BCUT2D eigenvalue weighted by atomic mass is 10.2. The van der Waals surface area contributed by atoms with Gasteiger partial charge in [0.1, 0.15) is 5.75 Å². The summed E-state index contributed by atoms with van der Waals surface area (Å²) in [7, 11) is 0. The first-order chi connectivity index (χ1) is 7.22. The molecule has 0 unspecified atom stereocenters. The molecule has 78 valence electrons. The predicted octanol–water partition coefficient (Wildman–Crippen LogP) is 4.02. The van der Waals surface area contributed by atoms with Gasteiger partial charge in [0.2, 0.25) is 0 Å². The van der Waals surface area contributed by atoms with Gasteiger partial charge in [0, 0.05) is 0 Å². The number of ether oxygens (including phenoxy) is 1. The zero-order valence-electron chi connectivity index (χ0n) is 9.23. The Morgan fingerprint density at radius 2 is 1.93 bits per heavy atom. The van der Waals surface area contributed by atoms with Crippen LogP contribution in [0.1, 0.15) is 12.5 Å². The van der Waals surface area contributed by atoms with Crippen molar-refractivity contribution in [2.24, 2.45) is 0 Å². The number of allylic oxidation sites excluding steroid dienone is 4. The van der Waals surface area contributed by atoms with E-state index in [-0.39, 0.29) is 0 Å². The molecule has 15 heavy (non-hydrogen) atoms. The van der Waals surface area contributed by atoms with Gasteiger partial charge in [-0.15, -0.1) is 0 Å². The van der Waals surface area contributed by atoms with E-state index in [0.29, 0.717) is 0 Å². The van der Waals surface area contributed by atoms with Crippen molar-refractivity contribution in [1.82, 2.24) is 0 Å². The van der Waals surface area contributed by atoms with Crippen molar-refractivity contribution < 1.29 is 4.74 Å². The van der Waals surface area contributed by atoms with Gasteiger partial charge in [-0.1, -0.05) is 42.0 Å². The fraction of sp³-hybridized carbons (Fsp3) is 0.143. The van der Waals surface area contributed by atoms with Gasteiger partial charge in [-0.3, -0.25) is 0 Å². The second-order valence-corrected chi connectivity index (χ2v) is 3.37. The first-order valence-corrected chi connectivity index (χ1v) is 4.91. The molecule has 0 radical (unpaired) electrons. The third-order valence-corrected chi connectivity index (χ3v) is 1.98. The molecule has 0 N–H and O–H groups in total. The maximum Gasteiger partial charge on any atom is 0.126 e. The van der Waals surface area contributed by atoms with E-state index in [2.05, 4.69) is 13.5 Å². The normalized spacial score (nSPS) is 11.7. The smallest absolute Gasteiger partial charge is 0.126 e. The minimum Gasteiger partial charge on any atom is -0.465 e. The maximum absolute atomic E-state index is 5.40. The second-order valence-electron chi connectivity index (χ2n) is 3.37. The highest BCUT2D eigenvalue weighted by molar-refractivity contribution is 5.27. The van der Waals surface area contributed by atoms with Crippen LogP contribution in [0, 0.1) is 6.92 Å². The van der Waals surface area contributed by atoms with Gasteiger partial charge in [-0.05, 0) is 32.1 Å². The minimum absolute atomic E-state index is 0.849. The van der Waals surface area contributed by atoms with E-state index in [0.717, 1.165) is 11.3 Å². The molecule has 1 nitrogen and oxygen atoms in total. The summed E-state index contributed by atoms with van der Waals surface area (Å²) < 4.78 is 5.40. The van der Waals surface area contributed by atoms with Crippen LogP contribution in [0.25, 0.3) is 0 Å². The molecule has 0 aromatic heterocycles. The highest BCUT2D eigenvalue weighted by atomic mass is 16.5. The molecule has 0 saturated carbocycles. The van der Waals surface area contributed by atoms with Gasteiger partial charge in [0.25, 0.3) is 0 Å². The molecule has 0 saturated heterocycles. The molecule has 1 heteroatoms. The molecule has 0 spiro atoms. The lowest BCUT2D eigenvalue weighted by Crippen LogP contribution is -1.81. The molecule has 0 aliphatic carbocycles. The van der Waals surface area contributed by atoms with Crippen LogP contribution in [-0.2, 0) is 0 Å². The molecule has 0 heterocycles. The SMILES string of the molecule is C=CC(C)=CC=COc1ccc(C)cc1. The van der Waals surface area contributed by atoms with Crippen LogP contribution >= 0.6 is 0 Å². The summed E-state index contributed by atoms with van der Waals surface area (Å²) in [4.78, 5) is 0. The molecular weight excluding hydrogens is 184 g/mol. The van der Waals surface area contributed by atoms with Gasteiger partial charge >= 0.3 is 0 Å². The zero-order valence-corrected chi connectivity index (χ0v) is 9.23. The molecule has 0 atom stereocenters. The summed E-state index contributed by atoms with van der Waals surface area (Å²) in [6.07, 6.45) is 7.27. The maximum atomic E-state index is 5.40. The number of aryl methyl sites for hydroxylation is 1. The van der Waals surface area contributed by atoms with Crippen LogP contribution in [0.15, 0.2) is 60.9 Å². The van der Waals surface area contributed by atoms with Gasteiger partial charge < -0.3 is 4.74 Å². The molecular formula is C14H16O. The molecule has 0 amide bonds. The second kappa shape index (κ2) is 5.86. The summed E-state index contributed by atoms with van der Waals surface area (Å²) >= 11 is 0. The third kappa shape index (κ3) is 4.32. The summed E-state index contributed by atoms with van der Waals surface area (Å²) in [6, 6.07) is 7.94. The Bertz CT molecular complexity index is 369. The molecule has 1 aromatic carbocycles. The molecule has 1 aromatic rings. The average Bonchev–Trinajstić information content (AvgIpc) is 2.26. The standard InChI is InChI=1S/C14H16O/c1-4-12(2)6-5-11-15-14-9-7-13(3)8-10-14/h4-11H,1H2,2-3H3. The van der Waals surface area contributed by atoms with E-state index in [1.807, 2.05) is 43.3 Å². The van der Waals surface area contributed by atoms with E-state index in [1.54, 1.807) is 12.3 Å². The van der Waals surface area contributed by atoms with Crippen LogP contribution in [0.5, 0.6) is 5.75 Å². The Morgan fingerprint density at radius 3 is 2.53 bits per heavy atom. The molecule has 0 aliphatic heterocycles. The summed E-state index contributed by atoms with van der Waals surface area (Å²) in [5.41, 5.74) is 2.34. The summed E-state index contributed by atoms with van der Waals surface area (Å²) in [5.74, 6) is 0.849. The topological polar surface area (TPSA) is 9.23 Å². The van der Waals surface area contributed by atoms with Crippen LogP contribution in [0.2, 0.25) is 0 Å². The Morgan fingerprint density at radius 1 is 1.27 bits per heavy atom. The number of hydrogen-bond acceptors (Lipinski definition) is 1. The average molecular weight is 200 g/mol. The first-order valence-electron chi connectivity index (χ1n) is 4.91. The van der Waals surface area contributed by atoms with Gasteiger partial charge in [0.15, 0.2) is 0 Å². The lowest BCUT2D eigenvalue weighted by molar-refractivity contribution is 0.481. The van der Waals surface area contributed by atoms with Crippen molar-refractivity contribution in [2.45, 2.75) is 13.8 Å². The van der Waals surface area contributed by atoms with Crippen molar-refractivity contribution in [1.29, 1.82) is 0 Å². The van der Waals surface area contributed by atoms with Crippen molar-refractivity contribution in [3.05, 3.63) is 66.5 Å². The zero-order chi connectivity index (χ0) is 11.1. The van der Waals surface area contributed by atoms with E-state index in [4.69, 9.17) is 4.74 Å². The minimum atomic E-state index is 0.849. The van der Waals surface area contributed by atoms with E-state index < -0.39 is 0 Å². The molecule has 0 bridgehead atoms. The van der Waals surface area contributed by atoms with Gasteiger partial charge in [0.05, 0.1) is 6.26 Å². The largest absolute Gasteiger partial charge is 0.465 e. The Labute approximate surface area is 91.4 Å². The Kier molecular flexibility index (Phi) is 4.42. The number of benzene rings is 1. The van der Waals surface area contributed by atoms with E-state index in [9.17, 15) is 0 Å². The van der Waals surface area contributed by atoms with Crippen LogP contribution < -0.4 is 4.74 Å². The van der Waals surface area contributed by atoms with E-state index >= 15 is 0 Å². The van der Waals surface area contributed by atoms with Crippen molar-refractivity contribution in [3.63, 3.8) is 0 Å². The van der Waals surface area contributed by atoms with Gasteiger partial charge in [-0.25, -0.2) is 0 Å². The summed E-state index contributed by atoms with van der Waals surface area (Å²) in [5, 5.41) is 0. The lowest BCUT2D eigenvalue weighted by Gasteiger charge is -1.99. The van der Waals surface area contributed by atoms with Crippen molar-refractivity contribution >= 4 is 0 Å². The number of rotatable bonds is 4. The monoisotopic (exact) mass is 200 g/mol. The van der Waals surface area contributed by atoms with Crippen LogP contribution in [-0.4, -0.2) is 0 Å². The van der Waals surface area contributed by atoms with E-state index in [1.165, 1.54) is 5.56 Å². The Hall–Kier alpha value is -1.76. The highest BCUT2D eigenvalue weighted by Gasteiger charge is 1.88.